The molecule has 8 heteroatoms. The molecule has 2 aliphatic rings. The first kappa shape index (κ1) is 24.8. The van der Waals surface area contributed by atoms with Crippen LogP contribution < -0.4 is 14.2 Å². The van der Waals surface area contributed by atoms with Gasteiger partial charge in [-0.3, -0.25) is 9.59 Å². The van der Waals surface area contributed by atoms with Crippen LogP contribution in [0.2, 0.25) is 0 Å². The van der Waals surface area contributed by atoms with Gasteiger partial charge in [-0.05, 0) is 59.9 Å². The molecule has 0 amide bonds. The smallest absolute Gasteiger partial charge is 0.304 e. The summed E-state index contributed by atoms with van der Waals surface area (Å²) in [4.78, 5) is 24.1. The summed E-state index contributed by atoms with van der Waals surface area (Å²) in [6, 6.07) is 15.1. The molecule has 192 valence electrons. The summed E-state index contributed by atoms with van der Waals surface area (Å²) < 4.78 is 17.4. The maximum absolute atomic E-state index is 13.1. The lowest BCUT2D eigenvalue weighted by Gasteiger charge is -2.21. The molecule has 3 N–H and O–H groups in total. The number of hydrogen-bond donors (Lipinski definition) is 3. The van der Waals surface area contributed by atoms with Crippen molar-refractivity contribution in [3.8, 4) is 28.4 Å². The molecule has 0 bridgehead atoms. The highest BCUT2D eigenvalue weighted by Gasteiger charge is 2.48. The van der Waals surface area contributed by atoms with Gasteiger partial charge in [-0.15, -0.1) is 0 Å². The van der Waals surface area contributed by atoms with E-state index in [1.54, 1.807) is 12.1 Å². The lowest BCUT2D eigenvalue weighted by atomic mass is 9.87. The highest BCUT2D eigenvalue weighted by Crippen LogP contribution is 2.43. The van der Waals surface area contributed by atoms with E-state index in [9.17, 15) is 19.8 Å². The number of carbonyl (C=O) groups is 2. The minimum atomic E-state index is -1.65. The van der Waals surface area contributed by atoms with Crippen molar-refractivity contribution in [1.29, 1.82) is 0 Å². The Hall–Kier alpha value is -3.88. The summed E-state index contributed by atoms with van der Waals surface area (Å²) in [5.41, 5.74) is 3.96. The van der Waals surface area contributed by atoms with Gasteiger partial charge in [0, 0.05) is 17.5 Å². The number of Topliss-reactive ketones (excluding diaryl/α,β-unsaturated/α-hetero) is 1. The number of ether oxygens (including phenoxy) is 3. The third kappa shape index (κ3) is 4.32. The van der Waals surface area contributed by atoms with Crippen LogP contribution in [0.25, 0.3) is 11.1 Å². The molecule has 3 aromatic rings. The minimum Gasteiger partial charge on any atom is -0.492 e. The monoisotopic (exact) mass is 504 g/mol. The predicted octanol–water partition coefficient (Wildman–Crippen LogP) is 3.80. The van der Waals surface area contributed by atoms with E-state index in [1.165, 1.54) is 0 Å². The van der Waals surface area contributed by atoms with Gasteiger partial charge in [0.2, 0.25) is 11.4 Å². The number of benzene rings is 3. The minimum absolute atomic E-state index is 0.0280. The molecule has 0 saturated heterocycles. The SMILES string of the molecule is Cc1cc2c(c(C)c1-c1cccc(COc3ccc4c(c3)OCC4CC(=O)O)c1)C(=O)C(CO)(CO)O2. The molecule has 0 fully saturated rings. The molecule has 0 radical (unpaired) electrons. The van der Waals surface area contributed by atoms with Crippen molar-refractivity contribution < 1.29 is 39.1 Å². The highest BCUT2D eigenvalue weighted by atomic mass is 16.5. The molecule has 0 aliphatic carbocycles. The molecule has 1 unspecified atom stereocenters. The predicted molar refractivity (Wildman–Crippen MR) is 134 cm³/mol. The quantitative estimate of drug-likeness (QED) is 0.424. The Morgan fingerprint density at radius 3 is 2.57 bits per heavy atom. The number of carbonyl (C=O) groups excluding carboxylic acids is 1. The fraction of sp³-hybridized carbons (Fsp3) is 0.310. The van der Waals surface area contributed by atoms with Crippen LogP contribution in [0.1, 0.15) is 45.0 Å². The van der Waals surface area contributed by atoms with Gasteiger partial charge in [0.1, 0.15) is 23.9 Å². The summed E-state index contributed by atoms with van der Waals surface area (Å²) in [6.07, 6.45) is 0.0280. The number of aliphatic carboxylic acids is 1. The standard InChI is InChI=1S/C29H28O8/c1-16-8-24-27(28(34)29(14-30,15-31)37-24)17(2)26(16)19-5-3-4-18(9-19)12-35-21-6-7-22-20(10-25(32)33)13-36-23(22)11-21/h3-9,11,20,30-31H,10,12-15H2,1-2H3,(H,32,33). The van der Waals surface area contributed by atoms with Crippen LogP contribution in [0.4, 0.5) is 0 Å². The average Bonchev–Trinajstić information content (AvgIpc) is 3.40. The summed E-state index contributed by atoms with van der Waals surface area (Å²) in [5, 5.41) is 28.6. The number of carboxylic acids is 1. The normalized spacial score (nSPS) is 17.1. The van der Waals surface area contributed by atoms with E-state index in [0.29, 0.717) is 36.0 Å². The topological polar surface area (TPSA) is 123 Å². The summed E-state index contributed by atoms with van der Waals surface area (Å²) >= 11 is 0. The van der Waals surface area contributed by atoms with Crippen molar-refractivity contribution in [1.82, 2.24) is 0 Å². The van der Waals surface area contributed by atoms with Crippen molar-refractivity contribution in [3.63, 3.8) is 0 Å². The van der Waals surface area contributed by atoms with Crippen molar-refractivity contribution in [2.45, 2.75) is 38.4 Å². The first-order valence-corrected chi connectivity index (χ1v) is 12.1. The molecule has 0 saturated carbocycles. The van der Waals surface area contributed by atoms with Gasteiger partial charge in [-0.1, -0.05) is 24.3 Å². The maximum atomic E-state index is 13.1. The molecule has 3 aromatic carbocycles. The van der Waals surface area contributed by atoms with E-state index in [1.807, 2.05) is 50.2 Å². The number of fused-ring (bicyclic) bond motifs is 2. The van der Waals surface area contributed by atoms with Crippen molar-refractivity contribution >= 4 is 11.8 Å². The number of aliphatic hydroxyl groups is 2. The van der Waals surface area contributed by atoms with Crippen LogP contribution in [0, 0.1) is 13.8 Å². The summed E-state index contributed by atoms with van der Waals surface area (Å²) in [7, 11) is 0. The van der Waals surface area contributed by atoms with Gasteiger partial charge >= 0.3 is 5.97 Å². The second-order valence-corrected chi connectivity index (χ2v) is 9.60. The zero-order valence-electron chi connectivity index (χ0n) is 20.6. The molecule has 5 rings (SSSR count). The van der Waals surface area contributed by atoms with Crippen LogP contribution in [-0.2, 0) is 11.4 Å². The van der Waals surface area contributed by atoms with E-state index < -0.39 is 30.6 Å². The third-order valence-corrected chi connectivity index (χ3v) is 7.10. The van der Waals surface area contributed by atoms with Gasteiger partial charge < -0.3 is 29.5 Å². The van der Waals surface area contributed by atoms with Crippen molar-refractivity contribution in [2.75, 3.05) is 19.8 Å². The third-order valence-electron chi connectivity index (χ3n) is 7.10. The zero-order valence-corrected chi connectivity index (χ0v) is 20.6. The molecule has 37 heavy (non-hydrogen) atoms. The Morgan fingerprint density at radius 2 is 1.84 bits per heavy atom. The molecular weight excluding hydrogens is 476 g/mol. The van der Waals surface area contributed by atoms with Gasteiger partial charge in [0.15, 0.2) is 0 Å². The molecule has 0 spiro atoms. The Morgan fingerprint density at radius 1 is 1.05 bits per heavy atom. The van der Waals surface area contributed by atoms with Gasteiger partial charge in [-0.25, -0.2) is 0 Å². The molecular formula is C29H28O8. The molecule has 0 aromatic heterocycles. The molecule has 1 atom stereocenters. The number of aliphatic hydroxyl groups excluding tert-OH is 2. The number of rotatable bonds is 8. The molecule has 8 nitrogen and oxygen atoms in total. The molecule has 2 heterocycles. The summed E-state index contributed by atoms with van der Waals surface area (Å²) in [5.74, 6) is 0.210. The van der Waals surface area contributed by atoms with E-state index >= 15 is 0 Å². The summed E-state index contributed by atoms with van der Waals surface area (Å²) in [6.45, 7) is 3.21. The first-order chi connectivity index (χ1) is 17.8. The average molecular weight is 505 g/mol. The number of ketones is 1. The second kappa shape index (κ2) is 9.53. The Balaban J connectivity index is 1.37. The fourth-order valence-corrected chi connectivity index (χ4v) is 5.21. The van der Waals surface area contributed by atoms with Crippen molar-refractivity contribution in [3.05, 3.63) is 76.3 Å². The van der Waals surface area contributed by atoms with Crippen LogP contribution in [0.5, 0.6) is 17.2 Å². The Kier molecular flexibility index (Phi) is 6.39. The van der Waals surface area contributed by atoms with E-state index in [0.717, 1.165) is 33.4 Å². The fourth-order valence-electron chi connectivity index (χ4n) is 5.21. The van der Waals surface area contributed by atoms with E-state index in [2.05, 4.69) is 0 Å². The second-order valence-electron chi connectivity index (χ2n) is 9.60. The van der Waals surface area contributed by atoms with Crippen molar-refractivity contribution in [2.24, 2.45) is 0 Å². The lowest BCUT2D eigenvalue weighted by Crippen LogP contribution is -2.47. The number of hydrogen-bond acceptors (Lipinski definition) is 7. The lowest BCUT2D eigenvalue weighted by molar-refractivity contribution is -0.137. The number of aryl methyl sites for hydroxylation is 1. The van der Waals surface area contributed by atoms with E-state index in [4.69, 9.17) is 19.3 Å². The van der Waals surface area contributed by atoms with Crippen LogP contribution >= 0.6 is 0 Å². The van der Waals surface area contributed by atoms with Gasteiger partial charge in [-0.2, -0.15) is 0 Å². The van der Waals surface area contributed by atoms with Crippen LogP contribution in [0.15, 0.2) is 48.5 Å². The Labute approximate surface area is 214 Å². The van der Waals surface area contributed by atoms with E-state index in [-0.39, 0.29) is 12.3 Å². The first-order valence-electron chi connectivity index (χ1n) is 12.1. The zero-order chi connectivity index (χ0) is 26.3. The molecule has 2 aliphatic heterocycles. The van der Waals surface area contributed by atoms with Gasteiger partial charge in [0.05, 0.1) is 31.8 Å². The van der Waals surface area contributed by atoms with Crippen LogP contribution in [-0.4, -0.2) is 52.5 Å². The number of carboxylic acid groups (broad SMARTS) is 1. The highest BCUT2D eigenvalue weighted by molar-refractivity contribution is 6.10. The largest absolute Gasteiger partial charge is 0.492 e. The Bertz CT molecular complexity index is 1390. The maximum Gasteiger partial charge on any atom is 0.304 e. The van der Waals surface area contributed by atoms with Gasteiger partial charge in [0.25, 0.3) is 0 Å². The van der Waals surface area contributed by atoms with Crippen LogP contribution in [0.3, 0.4) is 0 Å².